The molecule has 25 heavy (non-hydrogen) atoms. The van der Waals surface area contributed by atoms with Crippen molar-refractivity contribution < 1.29 is 9.53 Å². The van der Waals surface area contributed by atoms with E-state index in [4.69, 9.17) is 10.5 Å². The van der Waals surface area contributed by atoms with Gasteiger partial charge in [0, 0.05) is 11.1 Å². The van der Waals surface area contributed by atoms with Crippen LogP contribution in [-0.2, 0) is 0 Å². The van der Waals surface area contributed by atoms with Crippen LogP contribution in [0.15, 0.2) is 59.8 Å². The van der Waals surface area contributed by atoms with Gasteiger partial charge in [0.2, 0.25) is 0 Å². The number of anilines is 1. The van der Waals surface area contributed by atoms with E-state index in [0.29, 0.717) is 16.3 Å². The minimum atomic E-state index is -0.352. The summed E-state index contributed by atoms with van der Waals surface area (Å²) in [6.07, 6.45) is 3.13. The van der Waals surface area contributed by atoms with Crippen molar-refractivity contribution in [3.8, 4) is 16.2 Å². The molecule has 0 aliphatic heterocycles. The van der Waals surface area contributed by atoms with Crippen LogP contribution in [0.3, 0.4) is 0 Å². The van der Waals surface area contributed by atoms with Gasteiger partial charge < -0.3 is 10.5 Å². The molecule has 0 bridgehead atoms. The standard InChI is InChI=1S/C18H16N4O2S/c1-24-14-7-5-12(6-8-14)16-10-15(19)17(25-16)18(23)22-21-11-13-4-2-3-9-20-13/h2-11H,19H2,1H3,(H,22,23)/b21-11-. The van der Waals surface area contributed by atoms with Crippen molar-refractivity contribution in [1.29, 1.82) is 0 Å². The molecule has 0 unspecified atom stereocenters. The van der Waals surface area contributed by atoms with Crippen LogP contribution in [0.4, 0.5) is 5.69 Å². The van der Waals surface area contributed by atoms with Crippen LogP contribution in [0.5, 0.6) is 5.75 Å². The lowest BCUT2D eigenvalue weighted by atomic mass is 10.2. The highest BCUT2D eigenvalue weighted by Crippen LogP contribution is 2.33. The maximum atomic E-state index is 12.3. The Balaban J connectivity index is 1.72. The van der Waals surface area contributed by atoms with Gasteiger partial charge in [-0.15, -0.1) is 11.3 Å². The molecule has 3 rings (SSSR count). The van der Waals surface area contributed by atoms with Gasteiger partial charge in [-0.25, -0.2) is 5.43 Å². The molecule has 0 atom stereocenters. The number of methoxy groups -OCH3 is 1. The van der Waals surface area contributed by atoms with Crippen molar-refractivity contribution in [3.05, 3.63) is 65.3 Å². The molecule has 1 aromatic carbocycles. The molecule has 6 nitrogen and oxygen atoms in total. The number of nitrogens with one attached hydrogen (secondary N) is 1. The Morgan fingerprint density at radius 3 is 2.76 bits per heavy atom. The number of nitrogens with zero attached hydrogens (tertiary/aromatic N) is 2. The number of carbonyl (C=O) groups excluding carboxylic acids is 1. The second-order valence-corrected chi connectivity index (χ2v) is 6.13. The zero-order valence-corrected chi connectivity index (χ0v) is 14.3. The zero-order chi connectivity index (χ0) is 17.6. The molecule has 1 amide bonds. The Morgan fingerprint density at radius 2 is 2.08 bits per heavy atom. The lowest BCUT2D eigenvalue weighted by Gasteiger charge is -2.00. The highest BCUT2D eigenvalue weighted by molar-refractivity contribution is 7.18. The predicted molar refractivity (Wildman–Crippen MR) is 100 cm³/mol. The van der Waals surface area contributed by atoms with Gasteiger partial charge >= 0.3 is 0 Å². The smallest absolute Gasteiger partial charge is 0.283 e. The van der Waals surface area contributed by atoms with Crippen LogP contribution in [-0.4, -0.2) is 24.2 Å². The first kappa shape index (κ1) is 16.7. The molecule has 0 aliphatic rings. The molecule has 0 fully saturated rings. The van der Waals surface area contributed by atoms with Crippen molar-refractivity contribution in [1.82, 2.24) is 10.4 Å². The van der Waals surface area contributed by atoms with Gasteiger partial charge in [-0.3, -0.25) is 9.78 Å². The van der Waals surface area contributed by atoms with Crippen LogP contribution < -0.4 is 15.9 Å². The SMILES string of the molecule is COc1ccc(-c2cc(N)c(C(=O)N/N=C\c3ccccn3)s2)cc1. The number of thiophene rings is 1. The van der Waals surface area contributed by atoms with Crippen molar-refractivity contribution >= 4 is 29.1 Å². The molecule has 0 aliphatic carbocycles. The number of hydrogen-bond acceptors (Lipinski definition) is 6. The number of pyridine rings is 1. The lowest BCUT2D eigenvalue weighted by Crippen LogP contribution is -2.17. The number of amides is 1. The van der Waals surface area contributed by atoms with E-state index in [1.165, 1.54) is 17.6 Å². The quantitative estimate of drug-likeness (QED) is 0.545. The third kappa shape index (κ3) is 4.02. The summed E-state index contributed by atoms with van der Waals surface area (Å²) >= 11 is 1.31. The Labute approximate surface area is 149 Å². The summed E-state index contributed by atoms with van der Waals surface area (Å²) in [4.78, 5) is 17.7. The first-order chi connectivity index (χ1) is 12.2. The van der Waals surface area contributed by atoms with E-state index in [1.54, 1.807) is 25.4 Å². The van der Waals surface area contributed by atoms with Crippen molar-refractivity contribution in [2.75, 3.05) is 12.8 Å². The summed E-state index contributed by atoms with van der Waals surface area (Å²) < 4.78 is 5.15. The Hall–Kier alpha value is -3.19. The van der Waals surface area contributed by atoms with Crippen LogP contribution >= 0.6 is 11.3 Å². The first-order valence-electron chi connectivity index (χ1n) is 7.45. The number of carbonyl (C=O) groups is 1. The van der Waals surface area contributed by atoms with E-state index in [1.807, 2.05) is 36.4 Å². The second kappa shape index (κ2) is 7.59. The Morgan fingerprint density at radius 1 is 1.28 bits per heavy atom. The van der Waals surface area contributed by atoms with E-state index in [0.717, 1.165) is 16.2 Å². The second-order valence-electron chi connectivity index (χ2n) is 5.08. The fourth-order valence-electron chi connectivity index (χ4n) is 2.14. The average Bonchev–Trinajstić information content (AvgIpc) is 3.04. The third-order valence-corrected chi connectivity index (χ3v) is 4.59. The highest BCUT2D eigenvalue weighted by atomic mass is 32.1. The van der Waals surface area contributed by atoms with Gasteiger partial charge in [-0.2, -0.15) is 5.10 Å². The maximum absolute atomic E-state index is 12.3. The van der Waals surface area contributed by atoms with Crippen LogP contribution in [0.25, 0.3) is 10.4 Å². The van der Waals surface area contributed by atoms with E-state index >= 15 is 0 Å². The molecule has 0 saturated heterocycles. The molecule has 0 radical (unpaired) electrons. The number of hydrogen-bond donors (Lipinski definition) is 2. The highest BCUT2D eigenvalue weighted by Gasteiger charge is 2.15. The molecule has 2 heterocycles. The number of aromatic nitrogens is 1. The summed E-state index contributed by atoms with van der Waals surface area (Å²) in [5, 5.41) is 3.91. The van der Waals surface area contributed by atoms with E-state index in [9.17, 15) is 4.79 Å². The number of ether oxygens (including phenoxy) is 1. The third-order valence-electron chi connectivity index (χ3n) is 3.39. The van der Waals surface area contributed by atoms with Gasteiger partial charge in [-0.1, -0.05) is 6.07 Å². The average molecular weight is 352 g/mol. The number of benzene rings is 1. The molecule has 7 heteroatoms. The molecule has 0 spiro atoms. The monoisotopic (exact) mass is 352 g/mol. The summed E-state index contributed by atoms with van der Waals surface area (Å²) in [6.45, 7) is 0. The van der Waals surface area contributed by atoms with Crippen molar-refractivity contribution in [2.45, 2.75) is 0 Å². The van der Waals surface area contributed by atoms with Gasteiger partial charge in [0.15, 0.2) is 0 Å². The van der Waals surface area contributed by atoms with E-state index < -0.39 is 0 Å². The summed E-state index contributed by atoms with van der Waals surface area (Å²) in [6, 6.07) is 14.8. The number of hydrazone groups is 1. The predicted octanol–water partition coefficient (Wildman–Crippen LogP) is 3.16. The van der Waals surface area contributed by atoms with E-state index in [-0.39, 0.29) is 5.91 Å². The molecule has 2 aromatic heterocycles. The fourth-order valence-corrected chi connectivity index (χ4v) is 3.12. The molecule has 3 N–H and O–H groups in total. The van der Waals surface area contributed by atoms with E-state index in [2.05, 4.69) is 15.5 Å². The lowest BCUT2D eigenvalue weighted by molar-refractivity contribution is 0.0960. The molecule has 3 aromatic rings. The van der Waals surface area contributed by atoms with Gasteiger partial charge in [0.05, 0.1) is 24.7 Å². The number of nitrogen functional groups attached to an aromatic ring is 1. The molecular weight excluding hydrogens is 336 g/mol. The molecule has 0 saturated carbocycles. The Bertz CT molecular complexity index is 889. The summed E-state index contributed by atoms with van der Waals surface area (Å²) in [7, 11) is 1.62. The molecular formula is C18H16N4O2S. The van der Waals surface area contributed by atoms with Gasteiger partial charge in [-0.05, 0) is 48.0 Å². The first-order valence-corrected chi connectivity index (χ1v) is 8.27. The van der Waals surface area contributed by atoms with Crippen LogP contribution in [0, 0.1) is 0 Å². The fraction of sp³-hybridized carbons (Fsp3) is 0.0556. The minimum absolute atomic E-state index is 0.352. The summed E-state index contributed by atoms with van der Waals surface area (Å²) in [5.41, 5.74) is 10.5. The maximum Gasteiger partial charge on any atom is 0.283 e. The number of nitrogens with two attached hydrogens (primary N) is 1. The van der Waals surface area contributed by atoms with Gasteiger partial charge in [0.25, 0.3) is 5.91 Å². The number of rotatable bonds is 5. The van der Waals surface area contributed by atoms with Crippen molar-refractivity contribution in [2.24, 2.45) is 5.10 Å². The summed E-state index contributed by atoms with van der Waals surface area (Å²) in [5.74, 6) is 0.421. The van der Waals surface area contributed by atoms with Gasteiger partial charge in [0.1, 0.15) is 10.6 Å². The largest absolute Gasteiger partial charge is 0.497 e. The molecule has 126 valence electrons. The zero-order valence-electron chi connectivity index (χ0n) is 13.5. The topological polar surface area (TPSA) is 89.6 Å². The van der Waals surface area contributed by atoms with Crippen LogP contribution in [0.2, 0.25) is 0 Å². The van der Waals surface area contributed by atoms with Crippen LogP contribution in [0.1, 0.15) is 15.4 Å². The minimum Gasteiger partial charge on any atom is -0.497 e. The Kier molecular flexibility index (Phi) is 5.06. The van der Waals surface area contributed by atoms with Crippen molar-refractivity contribution in [3.63, 3.8) is 0 Å². The normalized spacial score (nSPS) is 10.8.